The van der Waals surface area contributed by atoms with Crippen LogP contribution < -0.4 is 0 Å². The fourth-order valence-electron chi connectivity index (χ4n) is 0.552. The van der Waals surface area contributed by atoms with Crippen molar-refractivity contribution in [3.63, 3.8) is 0 Å². The number of aliphatic hydroxyl groups is 3. The van der Waals surface area contributed by atoms with Crippen LogP contribution in [-0.4, -0.2) is 28.0 Å². The van der Waals surface area contributed by atoms with Crippen molar-refractivity contribution in [2.24, 2.45) is 0 Å². The quantitative estimate of drug-likeness (QED) is 0.510. The van der Waals surface area contributed by atoms with Crippen LogP contribution in [0.25, 0.3) is 0 Å². The Morgan fingerprint density at radius 3 is 2.30 bits per heavy atom. The molecule has 0 heterocycles. The van der Waals surface area contributed by atoms with E-state index < -0.39 is 12.7 Å². The lowest BCUT2D eigenvalue weighted by Gasteiger charge is -2.08. The average molecular weight is 146 g/mol. The summed E-state index contributed by atoms with van der Waals surface area (Å²) in [5.74, 6) is -0.106. The maximum absolute atomic E-state index is 9.06. The summed E-state index contributed by atoms with van der Waals surface area (Å²) in [6.45, 7) is 3.16. The first kappa shape index (κ1) is 9.46. The fraction of sp³-hybridized carbons (Fsp3) is 0.714. The first-order valence-corrected chi connectivity index (χ1v) is 3.31. The van der Waals surface area contributed by atoms with E-state index in [4.69, 9.17) is 15.3 Å². The molecule has 60 valence electrons. The van der Waals surface area contributed by atoms with Crippen molar-refractivity contribution in [2.45, 2.75) is 26.4 Å². The second-order valence-corrected chi connectivity index (χ2v) is 2.22. The molecule has 1 atom stereocenters. The molecule has 1 unspecified atom stereocenters. The molecule has 0 rings (SSSR count). The first-order chi connectivity index (χ1) is 4.63. The predicted octanol–water partition coefficient (Wildman–Crippen LogP) is 0.582. The van der Waals surface area contributed by atoms with Crippen LogP contribution in [0.5, 0.6) is 0 Å². The molecule has 0 radical (unpaired) electrons. The molecule has 0 aliphatic rings. The van der Waals surface area contributed by atoms with E-state index >= 15 is 0 Å². The molecule has 3 N–H and O–H groups in total. The molecular weight excluding hydrogens is 132 g/mol. The van der Waals surface area contributed by atoms with Crippen molar-refractivity contribution >= 4 is 0 Å². The van der Waals surface area contributed by atoms with Gasteiger partial charge in [0.25, 0.3) is 0 Å². The molecule has 0 aromatic rings. The van der Waals surface area contributed by atoms with E-state index in [2.05, 4.69) is 0 Å². The summed E-state index contributed by atoms with van der Waals surface area (Å²) < 4.78 is 0. The van der Waals surface area contributed by atoms with Gasteiger partial charge < -0.3 is 15.3 Å². The van der Waals surface area contributed by atoms with Crippen molar-refractivity contribution in [2.75, 3.05) is 6.61 Å². The highest BCUT2D eigenvalue weighted by Gasteiger charge is 2.09. The molecule has 0 saturated carbocycles. The summed E-state index contributed by atoms with van der Waals surface area (Å²) in [6.07, 6.45) is -0.428. The van der Waals surface area contributed by atoms with Gasteiger partial charge in [-0.2, -0.15) is 0 Å². The Kier molecular flexibility index (Phi) is 4.07. The third-order valence-corrected chi connectivity index (χ3v) is 1.46. The van der Waals surface area contributed by atoms with Gasteiger partial charge in [-0.1, -0.05) is 6.92 Å². The van der Waals surface area contributed by atoms with Crippen LogP contribution in [0, 0.1) is 0 Å². The van der Waals surface area contributed by atoms with E-state index in [1.807, 2.05) is 6.92 Å². The van der Waals surface area contributed by atoms with Gasteiger partial charge in [0.2, 0.25) is 0 Å². The largest absolute Gasteiger partial charge is 0.510 e. The minimum Gasteiger partial charge on any atom is -0.510 e. The molecule has 0 bridgehead atoms. The number of rotatable bonds is 3. The van der Waals surface area contributed by atoms with Gasteiger partial charge in [0, 0.05) is 0 Å². The Balaban J connectivity index is 4.15. The standard InChI is InChI=1S/C7H14O3/c1-3-5(2)7(10)6(9)4-8/h6,8-10H,3-4H2,1-2H3/b7-5+. The van der Waals surface area contributed by atoms with E-state index in [1.54, 1.807) is 6.92 Å². The van der Waals surface area contributed by atoms with E-state index in [0.29, 0.717) is 12.0 Å². The van der Waals surface area contributed by atoms with E-state index in [-0.39, 0.29) is 5.76 Å². The number of hydrogen-bond acceptors (Lipinski definition) is 3. The summed E-state index contributed by atoms with van der Waals surface area (Å²) in [4.78, 5) is 0. The van der Waals surface area contributed by atoms with Crippen LogP contribution in [0.1, 0.15) is 20.3 Å². The maximum atomic E-state index is 9.06. The predicted molar refractivity (Wildman–Crippen MR) is 38.7 cm³/mol. The van der Waals surface area contributed by atoms with Gasteiger partial charge in [-0.3, -0.25) is 0 Å². The third kappa shape index (κ3) is 2.37. The summed E-state index contributed by atoms with van der Waals surface area (Å²) in [5.41, 5.74) is 0.710. The minimum absolute atomic E-state index is 0.106. The molecule has 0 aromatic heterocycles. The lowest BCUT2D eigenvalue weighted by molar-refractivity contribution is 0.0852. The van der Waals surface area contributed by atoms with E-state index in [0.717, 1.165) is 0 Å². The molecule has 0 saturated heterocycles. The smallest absolute Gasteiger partial charge is 0.134 e. The Morgan fingerprint density at radius 1 is 1.50 bits per heavy atom. The lowest BCUT2D eigenvalue weighted by Crippen LogP contribution is -2.16. The number of aliphatic hydroxyl groups excluding tert-OH is 3. The number of allylic oxidation sites excluding steroid dienone is 1. The maximum Gasteiger partial charge on any atom is 0.134 e. The molecule has 3 nitrogen and oxygen atoms in total. The zero-order valence-electron chi connectivity index (χ0n) is 6.33. The van der Waals surface area contributed by atoms with Crippen LogP contribution in [0.2, 0.25) is 0 Å². The van der Waals surface area contributed by atoms with Crippen LogP contribution in [0.15, 0.2) is 11.3 Å². The highest BCUT2D eigenvalue weighted by Crippen LogP contribution is 2.08. The monoisotopic (exact) mass is 146 g/mol. The summed E-state index contributed by atoms with van der Waals surface area (Å²) in [7, 11) is 0. The van der Waals surface area contributed by atoms with Gasteiger partial charge in [-0.15, -0.1) is 0 Å². The van der Waals surface area contributed by atoms with Crippen LogP contribution in [0.4, 0.5) is 0 Å². The van der Waals surface area contributed by atoms with E-state index in [9.17, 15) is 0 Å². The fourth-order valence-corrected chi connectivity index (χ4v) is 0.552. The molecular formula is C7H14O3. The normalized spacial score (nSPS) is 16.4. The van der Waals surface area contributed by atoms with Crippen LogP contribution in [-0.2, 0) is 0 Å². The van der Waals surface area contributed by atoms with Crippen molar-refractivity contribution in [1.82, 2.24) is 0 Å². The molecule has 0 fully saturated rings. The molecule has 0 aliphatic heterocycles. The summed E-state index contributed by atoms with van der Waals surface area (Å²) in [6, 6.07) is 0. The second-order valence-electron chi connectivity index (χ2n) is 2.22. The van der Waals surface area contributed by atoms with Gasteiger partial charge >= 0.3 is 0 Å². The average Bonchev–Trinajstić information content (AvgIpc) is 2.00. The molecule has 3 heteroatoms. The third-order valence-electron chi connectivity index (χ3n) is 1.46. The van der Waals surface area contributed by atoms with Gasteiger partial charge in [0.05, 0.1) is 6.61 Å². The van der Waals surface area contributed by atoms with Gasteiger partial charge in [-0.05, 0) is 18.9 Å². The zero-order chi connectivity index (χ0) is 8.15. The van der Waals surface area contributed by atoms with Crippen molar-refractivity contribution in [1.29, 1.82) is 0 Å². The van der Waals surface area contributed by atoms with Crippen molar-refractivity contribution < 1.29 is 15.3 Å². The Hall–Kier alpha value is -0.540. The Labute approximate surface area is 60.6 Å². The summed E-state index contributed by atoms with van der Waals surface area (Å²) >= 11 is 0. The minimum atomic E-state index is -1.11. The first-order valence-electron chi connectivity index (χ1n) is 3.31. The van der Waals surface area contributed by atoms with Crippen molar-refractivity contribution in [3.8, 4) is 0 Å². The zero-order valence-corrected chi connectivity index (χ0v) is 6.33. The Morgan fingerprint density at radius 2 is 2.00 bits per heavy atom. The number of hydrogen-bond donors (Lipinski definition) is 3. The van der Waals surface area contributed by atoms with Gasteiger partial charge in [-0.25, -0.2) is 0 Å². The Bertz CT molecular complexity index is 129. The SMILES string of the molecule is CC/C(C)=C(/O)C(O)CO. The van der Waals surface area contributed by atoms with Gasteiger partial charge in [0.1, 0.15) is 11.9 Å². The molecule has 0 aromatic carbocycles. The van der Waals surface area contributed by atoms with Crippen molar-refractivity contribution in [3.05, 3.63) is 11.3 Å². The molecule has 0 spiro atoms. The highest BCUT2D eigenvalue weighted by molar-refractivity contribution is 5.07. The van der Waals surface area contributed by atoms with Gasteiger partial charge in [0.15, 0.2) is 0 Å². The van der Waals surface area contributed by atoms with E-state index in [1.165, 1.54) is 0 Å². The molecule has 10 heavy (non-hydrogen) atoms. The van der Waals surface area contributed by atoms with Crippen LogP contribution >= 0.6 is 0 Å². The molecule has 0 aliphatic carbocycles. The highest BCUT2D eigenvalue weighted by atomic mass is 16.3. The topological polar surface area (TPSA) is 60.7 Å². The van der Waals surface area contributed by atoms with Crippen LogP contribution in [0.3, 0.4) is 0 Å². The summed E-state index contributed by atoms with van der Waals surface area (Å²) in [5, 5.41) is 26.3. The second kappa shape index (κ2) is 4.30. The lowest BCUT2D eigenvalue weighted by atomic mass is 10.1. The molecule has 0 amide bonds.